The van der Waals surface area contributed by atoms with E-state index in [-0.39, 0.29) is 0 Å². The normalized spacial score (nSPS) is 10.5. The van der Waals surface area contributed by atoms with E-state index >= 15 is 0 Å². The van der Waals surface area contributed by atoms with Gasteiger partial charge in [0.25, 0.3) is 0 Å². The summed E-state index contributed by atoms with van der Waals surface area (Å²) in [6.45, 7) is 0.510. The van der Waals surface area contributed by atoms with Gasteiger partial charge in [0.2, 0.25) is 5.95 Å². The van der Waals surface area contributed by atoms with Crippen molar-refractivity contribution in [2.24, 2.45) is 12.8 Å². The average Bonchev–Trinajstić information content (AvgIpc) is 2.59. The molecular weight excluding hydrogens is 190 g/mol. The summed E-state index contributed by atoms with van der Waals surface area (Å²) < 4.78 is 1.55. The van der Waals surface area contributed by atoms with Crippen molar-refractivity contribution in [2.45, 2.75) is 6.54 Å². The Morgan fingerprint density at radius 1 is 1.40 bits per heavy atom. The second kappa shape index (κ2) is 3.70. The van der Waals surface area contributed by atoms with Gasteiger partial charge in [0.15, 0.2) is 5.82 Å². The van der Waals surface area contributed by atoms with Gasteiger partial charge in [-0.25, -0.2) is 4.68 Å². The maximum atomic E-state index is 5.61. The highest BCUT2D eigenvalue weighted by Crippen LogP contribution is 2.17. The first-order chi connectivity index (χ1) is 7.20. The summed E-state index contributed by atoms with van der Waals surface area (Å²) in [4.78, 5) is 4.14. The van der Waals surface area contributed by atoms with Crippen LogP contribution in [0.25, 0.3) is 11.4 Å². The zero-order chi connectivity index (χ0) is 10.8. The molecule has 0 aliphatic rings. The minimum absolute atomic E-state index is 0.406. The predicted molar refractivity (Wildman–Crippen MR) is 58.7 cm³/mol. The molecule has 0 radical (unpaired) electrons. The molecule has 1 heterocycles. The molecule has 1 aromatic heterocycles. The first-order valence-corrected chi connectivity index (χ1v) is 4.66. The van der Waals surface area contributed by atoms with Gasteiger partial charge in [-0.3, -0.25) is 0 Å². The summed E-state index contributed by atoms with van der Waals surface area (Å²) >= 11 is 0. The molecule has 2 aromatic rings. The van der Waals surface area contributed by atoms with Crippen molar-refractivity contribution in [2.75, 3.05) is 5.73 Å². The highest BCUT2D eigenvalue weighted by atomic mass is 15.4. The molecule has 0 saturated heterocycles. The fourth-order valence-corrected chi connectivity index (χ4v) is 1.36. The lowest BCUT2D eigenvalue weighted by molar-refractivity contribution is 0.781. The van der Waals surface area contributed by atoms with Crippen molar-refractivity contribution in [3.8, 4) is 11.4 Å². The Balaban J connectivity index is 2.44. The lowest BCUT2D eigenvalue weighted by atomic mass is 10.1. The number of anilines is 1. The Morgan fingerprint density at radius 2 is 2.20 bits per heavy atom. The smallest absolute Gasteiger partial charge is 0.218 e. The van der Waals surface area contributed by atoms with Crippen LogP contribution >= 0.6 is 0 Å². The minimum Gasteiger partial charge on any atom is -0.368 e. The predicted octanol–water partition coefficient (Wildman–Crippen LogP) is 0.523. The molecule has 0 spiro atoms. The van der Waals surface area contributed by atoms with Gasteiger partial charge >= 0.3 is 0 Å². The molecule has 2 rings (SSSR count). The van der Waals surface area contributed by atoms with E-state index in [2.05, 4.69) is 10.1 Å². The zero-order valence-electron chi connectivity index (χ0n) is 8.51. The van der Waals surface area contributed by atoms with E-state index in [0.717, 1.165) is 11.1 Å². The Kier molecular flexibility index (Phi) is 2.39. The molecule has 0 saturated carbocycles. The van der Waals surface area contributed by atoms with Crippen molar-refractivity contribution in [3.63, 3.8) is 0 Å². The van der Waals surface area contributed by atoms with Gasteiger partial charge in [0.1, 0.15) is 0 Å². The summed E-state index contributed by atoms with van der Waals surface area (Å²) in [5.41, 5.74) is 13.2. The molecule has 0 aliphatic carbocycles. The summed E-state index contributed by atoms with van der Waals surface area (Å²) in [5, 5.41) is 4.20. The van der Waals surface area contributed by atoms with Crippen molar-refractivity contribution in [1.82, 2.24) is 14.8 Å². The fourth-order valence-electron chi connectivity index (χ4n) is 1.36. The standard InChI is InChI=1S/C10H13N5/c1-15-10(12)13-9(14-15)8-4-2-3-7(5-8)6-11/h2-5H,6,11H2,1H3,(H2,12,13,14). The molecular formula is C10H13N5. The third-order valence-electron chi connectivity index (χ3n) is 2.22. The Hall–Kier alpha value is -1.88. The van der Waals surface area contributed by atoms with Crippen LogP contribution in [0.15, 0.2) is 24.3 Å². The highest BCUT2D eigenvalue weighted by molar-refractivity contribution is 5.57. The number of aromatic nitrogens is 3. The second-order valence-electron chi connectivity index (χ2n) is 3.32. The Labute approximate surface area is 87.7 Å². The number of rotatable bonds is 2. The average molecular weight is 203 g/mol. The fraction of sp³-hybridized carbons (Fsp3) is 0.200. The van der Waals surface area contributed by atoms with Gasteiger partial charge in [0.05, 0.1) is 0 Å². The largest absolute Gasteiger partial charge is 0.368 e. The van der Waals surface area contributed by atoms with Crippen molar-refractivity contribution < 1.29 is 0 Å². The quantitative estimate of drug-likeness (QED) is 0.745. The van der Waals surface area contributed by atoms with E-state index in [0.29, 0.717) is 18.3 Å². The minimum atomic E-state index is 0.406. The number of nitrogens with two attached hydrogens (primary N) is 2. The molecule has 0 unspecified atom stereocenters. The molecule has 0 amide bonds. The van der Waals surface area contributed by atoms with Crippen molar-refractivity contribution >= 4 is 5.95 Å². The second-order valence-corrected chi connectivity index (χ2v) is 3.32. The maximum absolute atomic E-state index is 5.61. The molecule has 0 fully saturated rings. The van der Waals surface area contributed by atoms with Gasteiger partial charge < -0.3 is 11.5 Å². The number of hydrogen-bond acceptors (Lipinski definition) is 4. The van der Waals surface area contributed by atoms with Gasteiger partial charge in [-0.15, -0.1) is 5.10 Å². The van der Waals surface area contributed by atoms with Crippen LogP contribution in [0.2, 0.25) is 0 Å². The molecule has 78 valence electrons. The number of benzene rings is 1. The highest BCUT2D eigenvalue weighted by Gasteiger charge is 2.06. The topological polar surface area (TPSA) is 82.8 Å². The SMILES string of the molecule is Cn1nc(-c2cccc(CN)c2)nc1N. The molecule has 5 heteroatoms. The van der Waals surface area contributed by atoms with E-state index in [1.807, 2.05) is 24.3 Å². The Bertz CT molecular complexity index is 455. The van der Waals surface area contributed by atoms with E-state index in [9.17, 15) is 0 Å². The van der Waals surface area contributed by atoms with Crippen LogP contribution in [0.1, 0.15) is 5.56 Å². The van der Waals surface area contributed by atoms with Crippen LogP contribution in [-0.4, -0.2) is 14.8 Å². The van der Waals surface area contributed by atoms with Crippen molar-refractivity contribution in [3.05, 3.63) is 29.8 Å². The number of nitrogen functional groups attached to an aromatic ring is 1. The molecule has 15 heavy (non-hydrogen) atoms. The summed E-state index contributed by atoms with van der Waals surface area (Å²) in [6, 6.07) is 7.81. The van der Waals surface area contributed by atoms with Gasteiger partial charge in [-0.2, -0.15) is 4.98 Å². The van der Waals surface area contributed by atoms with Crippen LogP contribution in [-0.2, 0) is 13.6 Å². The third kappa shape index (κ3) is 1.82. The molecule has 0 bridgehead atoms. The van der Waals surface area contributed by atoms with E-state index in [4.69, 9.17) is 11.5 Å². The first kappa shape index (κ1) is 9.67. The summed E-state index contributed by atoms with van der Waals surface area (Å²) in [5.74, 6) is 1.04. The molecule has 0 atom stereocenters. The van der Waals surface area contributed by atoms with Crippen LogP contribution < -0.4 is 11.5 Å². The molecule has 5 nitrogen and oxygen atoms in total. The van der Waals surface area contributed by atoms with Crippen LogP contribution in [0.4, 0.5) is 5.95 Å². The van der Waals surface area contributed by atoms with E-state index < -0.39 is 0 Å². The third-order valence-corrected chi connectivity index (χ3v) is 2.22. The van der Waals surface area contributed by atoms with Crippen LogP contribution in [0.3, 0.4) is 0 Å². The molecule has 4 N–H and O–H groups in total. The lowest BCUT2D eigenvalue weighted by Crippen LogP contribution is -1.97. The van der Waals surface area contributed by atoms with Crippen molar-refractivity contribution in [1.29, 1.82) is 0 Å². The Morgan fingerprint density at radius 3 is 2.80 bits per heavy atom. The number of aryl methyl sites for hydroxylation is 1. The summed E-state index contributed by atoms with van der Waals surface area (Å²) in [6.07, 6.45) is 0. The van der Waals surface area contributed by atoms with E-state index in [1.165, 1.54) is 0 Å². The van der Waals surface area contributed by atoms with Crippen LogP contribution in [0, 0.1) is 0 Å². The summed E-state index contributed by atoms with van der Waals surface area (Å²) in [7, 11) is 1.76. The monoisotopic (exact) mass is 203 g/mol. The van der Waals surface area contributed by atoms with Crippen LogP contribution in [0.5, 0.6) is 0 Å². The van der Waals surface area contributed by atoms with E-state index in [1.54, 1.807) is 11.7 Å². The van der Waals surface area contributed by atoms with Gasteiger partial charge in [-0.1, -0.05) is 18.2 Å². The molecule has 0 aliphatic heterocycles. The maximum Gasteiger partial charge on any atom is 0.218 e. The number of nitrogens with zero attached hydrogens (tertiary/aromatic N) is 3. The lowest BCUT2D eigenvalue weighted by Gasteiger charge is -1.98. The van der Waals surface area contributed by atoms with Gasteiger partial charge in [-0.05, 0) is 11.6 Å². The number of hydrogen-bond donors (Lipinski definition) is 2. The zero-order valence-corrected chi connectivity index (χ0v) is 8.51. The first-order valence-electron chi connectivity index (χ1n) is 4.66. The molecule has 1 aromatic carbocycles. The van der Waals surface area contributed by atoms with Gasteiger partial charge in [0, 0.05) is 19.2 Å².